The molecule has 0 spiro atoms. The van der Waals surface area contributed by atoms with Crippen LogP contribution in [0.2, 0.25) is 0 Å². The number of allylic oxidation sites excluding steroid dienone is 1. The van der Waals surface area contributed by atoms with Crippen molar-refractivity contribution in [2.75, 3.05) is 19.3 Å². The number of fused-ring (bicyclic) bond motifs is 1. The Morgan fingerprint density at radius 3 is 2.31 bits per heavy atom. The summed E-state index contributed by atoms with van der Waals surface area (Å²) < 4.78 is 16.8. The Kier molecular flexibility index (Phi) is 6.06. The molecule has 0 aliphatic carbocycles. The molecule has 3 nitrogen and oxygen atoms in total. The van der Waals surface area contributed by atoms with E-state index in [2.05, 4.69) is 55.5 Å². The Bertz CT molecular complexity index is 994. The monoisotopic (exact) mass is 406 g/mol. The minimum Gasteiger partial charge on any atom is -0.492 e. The van der Waals surface area contributed by atoms with Gasteiger partial charge in [0.05, 0.1) is 5.88 Å². The van der Waals surface area contributed by atoms with Crippen molar-refractivity contribution in [3.8, 4) is 17.2 Å². The van der Waals surface area contributed by atoms with E-state index < -0.39 is 0 Å². The second-order valence-electron chi connectivity index (χ2n) is 6.70. The topological polar surface area (TPSA) is 27.7 Å². The van der Waals surface area contributed by atoms with E-state index in [4.69, 9.17) is 25.8 Å². The summed E-state index contributed by atoms with van der Waals surface area (Å²) in [5, 5.41) is 0. The Morgan fingerprint density at radius 1 is 0.862 bits per heavy atom. The second-order valence-corrected chi connectivity index (χ2v) is 7.08. The largest absolute Gasteiger partial charge is 0.492 e. The lowest BCUT2D eigenvalue weighted by Gasteiger charge is -2.17. The summed E-state index contributed by atoms with van der Waals surface area (Å²) in [5.41, 5.74) is 5.90. The van der Waals surface area contributed by atoms with E-state index in [1.54, 1.807) is 0 Å². The zero-order valence-electron chi connectivity index (χ0n) is 16.4. The summed E-state index contributed by atoms with van der Waals surface area (Å²) in [7, 11) is 0. The van der Waals surface area contributed by atoms with Crippen molar-refractivity contribution >= 4 is 22.7 Å². The molecular weight excluding hydrogens is 384 g/mol. The number of hydrogen-bond donors (Lipinski definition) is 0. The summed E-state index contributed by atoms with van der Waals surface area (Å²) in [5.74, 6) is 2.86. The van der Waals surface area contributed by atoms with Crippen molar-refractivity contribution in [2.45, 2.75) is 13.3 Å². The van der Waals surface area contributed by atoms with Gasteiger partial charge in [-0.15, -0.1) is 11.6 Å². The Hall–Kier alpha value is -2.91. The van der Waals surface area contributed by atoms with Crippen LogP contribution in [0.3, 0.4) is 0 Å². The molecule has 0 saturated heterocycles. The van der Waals surface area contributed by atoms with Gasteiger partial charge in [-0.3, -0.25) is 0 Å². The molecule has 0 N–H and O–H groups in total. The summed E-state index contributed by atoms with van der Waals surface area (Å²) >= 11 is 5.73. The maximum absolute atomic E-state index is 5.73. The number of benzene rings is 3. The van der Waals surface area contributed by atoms with E-state index in [1.165, 1.54) is 16.7 Å². The molecular formula is C25H23ClO3. The number of rotatable bonds is 7. The lowest BCUT2D eigenvalue weighted by molar-refractivity contribution is 0.174. The number of halogens is 1. The van der Waals surface area contributed by atoms with Crippen LogP contribution in [-0.2, 0) is 0 Å². The van der Waals surface area contributed by atoms with Gasteiger partial charge in [0.25, 0.3) is 0 Å². The lowest BCUT2D eigenvalue weighted by atomic mass is 9.88. The molecule has 148 valence electrons. The minimum atomic E-state index is 0.268. The fourth-order valence-electron chi connectivity index (χ4n) is 3.61. The molecule has 3 aromatic rings. The first-order valence-electron chi connectivity index (χ1n) is 9.78. The SMILES string of the molecule is CC/C(=C(\c1ccc(OCCCl)cc1)c1ccc2c(c1)OCO2)c1ccccc1. The van der Waals surface area contributed by atoms with Gasteiger partial charge in [0.2, 0.25) is 6.79 Å². The molecule has 0 radical (unpaired) electrons. The predicted molar refractivity (Wildman–Crippen MR) is 118 cm³/mol. The third-order valence-electron chi connectivity index (χ3n) is 4.93. The van der Waals surface area contributed by atoms with Crippen LogP contribution in [0.4, 0.5) is 0 Å². The highest BCUT2D eigenvalue weighted by Gasteiger charge is 2.18. The number of ether oxygens (including phenoxy) is 3. The molecule has 0 aromatic heterocycles. The van der Waals surface area contributed by atoms with Crippen LogP contribution < -0.4 is 14.2 Å². The molecule has 0 saturated carbocycles. The quantitative estimate of drug-likeness (QED) is 0.335. The Labute approximate surface area is 176 Å². The second kappa shape index (κ2) is 9.06. The normalized spacial score (nSPS) is 13.2. The van der Waals surface area contributed by atoms with Crippen LogP contribution in [0, 0.1) is 0 Å². The number of hydrogen-bond acceptors (Lipinski definition) is 3. The van der Waals surface area contributed by atoms with E-state index >= 15 is 0 Å². The van der Waals surface area contributed by atoms with Crippen LogP contribution in [0.25, 0.3) is 11.1 Å². The van der Waals surface area contributed by atoms with Gasteiger partial charge in [0.1, 0.15) is 12.4 Å². The lowest BCUT2D eigenvalue weighted by Crippen LogP contribution is -1.99. The Balaban J connectivity index is 1.84. The Morgan fingerprint density at radius 2 is 1.59 bits per heavy atom. The van der Waals surface area contributed by atoms with Crippen LogP contribution in [0.15, 0.2) is 72.8 Å². The standard InChI is InChI=1S/C25H23ClO3/c1-2-22(18-6-4-3-5-7-18)25(19-8-11-21(12-9-19)27-15-14-26)20-10-13-23-24(16-20)29-17-28-23/h3-13,16H,2,14-15,17H2,1H3/b25-22-. The summed E-state index contributed by atoms with van der Waals surface area (Å²) in [6.45, 7) is 2.95. The van der Waals surface area contributed by atoms with Crippen molar-refractivity contribution in [1.29, 1.82) is 0 Å². The highest BCUT2D eigenvalue weighted by atomic mass is 35.5. The molecule has 0 atom stereocenters. The molecule has 0 fully saturated rings. The molecule has 0 bridgehead atoms. The maximum atomic E-state index is 5.73. The van der Waals surface area contributed by atoms with Crippen LogP contribution in [0.5, 0.6) is 17.2 Å². The van der Waals surface area contributed by atoms with Crippen molar-refractivity contribution in [3.05, 3.63) is 89.5 Å². The molecule has 1 heterocycles. The van der Waals surface area contributed by atoms with Gasteiger partial charge in [-0.2, -0.15) is 0 Å². The fraction of sp³-hybridized carbons (Fsp3) is 0.200. The average Bonchev–Trinajstić information content (AvgIpc) is 3.25. The molecule has 4 rings (SSSR count). The van der Waals surface area contributed by atoms with Gasteiger partial charge in [-0.1, -0.05) is 55.5 Å². The van der Waals surface area contributed by atoms with Gasteiger partial charge in [-0.05, 0) is 58.5 Å². The van der Waals surface area contributed by atoms with E-state index in [9.17, 15) is 0 Å². The number of alkyl halides is 1. The van der Waals surface area contributed by atoms with Gasteiger partial charge < -0.3 is 14.2 Å². The van der Waals surface area contributed by atoms with Gasteiger partial charge in [0.15, 0.2) is 11.5 Å². The fourth-order valence-corrected chi connectivity index (χ4v) is 3.68. The average molecular weight is 407 g/mol. The van der Waals surface area contributed by atoms with Crippen molar-refractivity contribution in [3.63, 3.8) is 0 Å². The van der Waals surface area contributed by atoms with Crippen LogP contribution >= 0.6 is 11.6 Å². The van der Waals surface area contributed by atoms with Crippen molar-refractivity contribution in [1.82, 2.24) is 0 Å². The van der Waals surface area contributed by atoms with E-state index in [0.717, 1.165) is 34.8 Å². The minimum absolute atomic E-state index is 0.268. The summed E-state index contributed by atoms with van der Waals surface area (Å²) in [4.78, 5) is 0. The molecule has 29 heavy (non-hydrogen) atoms. The van der Waals surface area contributed by atoms with Gasteiger partial charge in [0, 0.05) is 0 Å². The summed E-state index contributed by atoms with van der Waals surface area (Å²) in [6.07, 6.45) is 0.901. The van der Waals surface area contributed by atoms with Crippen LogP contribution in [-0.4, -0.2) is 19.3 Å². The van der Waals surface area contributed by atoms with E-state index in [-0.39, 0.29) is 6.79 Å². The highest BCUT2D eigenvalue weighted by molar-refractivity contribution is 6.18. The molecule has 1 aliphatic heterocycles. The zero-order valence-corrected chi connectivity index (χ0v) is 17.1. The van der Waals surface area contributed by atoms with Crippen molar-refractivity contribution in [2.24, 2.45) is 0 Å². The molecule has 1 aliphatic rings. The molecule has 4 heteroatoms. The first kappa shape index (κ1) is 19.4. The summed E-state index contributed by atoms with van der Waals surface area (Å²) in [6, 6.07) is 24.8. The van der Waals surface area contributed by atoms with E-state index in [1.807, 2.05) is 24.3 Å². The van der Waals surface area contributed by atoms with E-state index in [0.29, 0.717) is 12.5 Å². The first-order chi connectivity index (χ1) is 14.3. The maximum Gasteiger partial charge on any atom is 0.231 e. The van der Waals surface area contributed by atoms with Gasteiger partial charge in [-0.25, -0.2) is 0 Å². The van der Waals surface area contributed by atoms with Gasteiger partial charge >= 0.3 is 0 Å². The van der Waals surface area contributed by atoms with Crippen molar-refractivity contribution < 1.29 is 14.2 Å². The molecule has 3 aromatic carbocycles. The predicted octanol–water partition coefficient (Wildman–Crippen LogP) is 6.40. The third-order valence-corrected chi connectivity index (χ3v) is 5.08. The zero-order chi connectivity index (χ0) is 20.1. The smallest absolute Gasteiger partial charge is 0.231 e. The van der Waals surface area contributed by atoms with Crippen LogP contribution in [0.1, 0.15) is 30.0 Å². The molecule has 0 unspecified atom stereocenters. The third kappa shape index (κ3) is 4.25. The first-order valence-corrected chi connectivity index (χ1v) is 10.3. The highest BCUT2D eigenvalue weighted by Crippen LogP contribution is 2.40. The molecule has 0 amide bonds.